The lowest BCUT2D eigenvalue weighted by molar-refractivity contribution is 0.0998. The Morgan fingerprint density at radius 2 is 1.70 bits per heavy atom. The summed E-state index contributed by atoms with van der Waals surface area (Å²) in [5.74, 6) is -0.348. The molecule has 1 aromatic heterocycles. The number of rotatable bonds is 3. The SMILES string of the molecule is O=C(c1ccc(Cl)cc1)N(c1ccc(F)cc1)c1cnccn1. The summed E-state index contributed by atoms with van der Waals surface area (Å²) in [4.78, 5) is 22.4. The predicted octanol–water partition coefficient (Wildman–Crippen LogP) is 4.25. The first kappa shape index (κ1) is 15.1. The van der Waals surface area contributed by atoms with Crippen LogP contribution in [-0.2, 0) is 0 Å². The molecule has 3 rings (SSSR count). The minimum absolute atomic E-state index is 0.311. The topological polar surface area (TPSA) is 46.1 Å². The fraction of sp³-hybridized carbons (Fsp3) is 0. The van der Waals surface area contributed by atoms with Crippen molar-refractivity contribution in [3.05, 3.63) is 83.5 Å². The van der Waals surface area contributed by atoms with Crippen LogP contribution in [0.15, 0.2) is 67.1 Å². The lowest BCUT2D eigenvalue weighted by atomic mass is 10.1. The van der Waals surface area contributed by atoms with E-state index in [4.69, 9.17) is 11.6 Å². The molecule has 114 valence electrons. The van der Waals surface area contributed by atoms with E-state index in [-0.39, 0.29) is 11.7 Å². The van der Waals surface area contributed by atoms with Gasteiger partial charge in [-0.15, -0.1) is 0 Å². The van der Waals surface area contributed by atoms with Crippen LogP contribution in [0.4, 0.5) is 15.9 Å². The van der Waals surface area contributed by atoms with E-state index >= 15 is 0 Å². The summed E-state index contributed by atoms with van der Waals surface area (Å²) in [7, 11) is 0. The summed E-state index contributed by atoms with van der Waals surface area (Å²) in [6.07, 6.45) is 4.47. The van der Waals surface area contributed by atoms with Crippen molar-refractivity contribution in [2.24, 2.45) is 0 Å². The summed E-state index contributed by atoms with van der Waals surface area (Å²) in [6, 6.07) is 12.1. The highest BCUT2D eigenvalue weighted by Gasteiger charge is 2.21. The molecule has 0 fully saturated rings. The average molecular weight is 328 g/mol. The third kappa shape index (κ3) is 3.35. The smallest absolute Gasteiger partial charge is 0.264 e. The van der Waals surface area contributed by atoms with E-state index in [2.05, 4.69) is 9.97 Å². The van der Waals surface area contributed by atoms with Gasteiger partial charge in [-0.2, -0.15) is 0 Å². The van der Waals surface area contributed by atoms with Crippen LogP contribution in [0.1, 0.15) is 10.4 Å². The maximum atomic E-state index is 13.2. The summed E-state index contributed by atoms with van der Waals surface area (Å²) in [6.45, 7) is 0. The second-order valence-corrected chi connectivity index (χ2v) is 5.12. The van der Waals surface area contributed by atoms with Gasteiger partial charge in [-0.1, -0.05) is 11.6 Å². The van der Waals surface area contributed by atoms with Gasteiger partial charge in [-0.3, -0.25) is 14.7 Å². The molecular weight excluding hydrogens is 317 g/mol. The van der Waals surface area contributed by atoms with Crippen LogP contribution in [-0.4, -0.2) is 15.9 Å². The Hall–Kier alpha value is -2.79. The largest absolute Gasteiger partial charge is 0.268 e. The quantitative estimate of drug-likeness (QED) is 0.722. The second kappa shape index (κ2) is 6.54. The molecule has 0 aliphatic rings. The highest BCUT2D eigenvalue weighted by atomic mass is 35.5. The number of carbonyl (C=O) groups is 1. The molecule has 0 atom stereocenters. The Bertz CT molecular complexity index is 808. The molecule has 6 heteroatoms. The van der Waals surface area contributed by atoms with E-state index < -0.39 is 0 Å². The number of carbonyl (C=O) groups excluding carboxylic acids is 1. The zero-order valence-corrected chi connectivity index (χ0v) is 12.6. The zero-order chi connectivity index (χ0) is 16.2. The highest BCUT2D eigenvalue weighted by Crippen LogP contribution is 2.26. The Balaban J connectivity index is 2.06. The minimum Gasteiger partial charge on any atom is -0.268 e. The number of hydrogen-bond donors (Lipinski definition) is 0. The molecule has 0 unspecified atom stereocenters. The van der Waals surface area contributed by atoms with E-state index in [1.54, 1.807) is 24.3 Å². The fourth-order valence-electron chi connectivity index (χ4n) is 2.07. The van der Waals surface area contributed by atoms with Crippen LogP contribution in [0, 0.1) is 5.82 Å². The van der Waals surface area contributed by atoms with Crippen LogP contribution in [0.3, 0.4) is 0 Å². The number of anilines is 2. The molecule has 0 spiro atoms. The van der Waals surface area contributed by atoms with Crippen molar-refractivity contribution < 1.29 is 9.18 Å². The van der Waals surface area contributed by atoms with Crippen LogP contribution < -0.4 is 4.90 Å². The van der Waals surface area contributed by atoms with E-state index in [1.165, 1.54) is 47.8 Å². The number of amides is 1. The third-order valence-corrected chi connectivity index (χ3v) is 3.41. The van der Waals surface area contributed by atoms with Crippen molar-refractivity contribution >= 4 is 29.0 Å². The molecule has 1 amide bonds. The summed E-state index contributed by atoms with van der Waals surface area (Å²) in [5, 5.41) is 0.536. The Morgan fingerprint density at radius 3 is 2.30 bits per heavy atom. The number of aromatic nitrogens is 2. The predicted molar refractivity (Wildman–Crippen MR) is 86.4 cm³/mol. The molecule has 3 aromatic rings. The van der Waals surface area contributed by atoms with E-state index in [0.29, 0.717) is 22.1 Å². The monoisotopic (exact) mass is 327 g/mol. The lowest BCUT2D eigenvalue weighted by Crippen LogP contribution is -2.26. The third-order valence-electron chi connectivity index (χ3n) is 3.16. The van der Waals surface area contributed by atoms with Gasteiger partial charge in [0.05, 0.1) is 11.9 Å². The standard InChI is InChI=1S/C17H11ClFN3O/c18-13-3-1-12(2-4-13)17(23)22(16-11-20-9-10-21-16)15-7-5-14(19)6-8-15/h1-11H. The van der Waals surface area contributed by atoms with E-state index in [1.807, 2.05) is 0 Å². The zero-order valence-electron chi connectivity index (χ0n) is 11.9. The van der Waals surface area contributed by atoms with Gasteiger partial charge in [0.1, 0.15) is 5.82 Å². The summed E-state index contributed by atoms with van der Waals surface area (Å²) in [5.41, 5.74) is 0.927. The van der Waals surface area contributed by atoms with Crippen LogP contribution in [0.2, 0.25) is 5.02 Å². The first-order chi connectivity index (χ1) is 11.1. The molecule has 23 heavy (non-hydrogen) atoms. The van der Waals surface area contributed by atoms with Crippen LogP contribution in [0.25, 0.3) is 0 Å². The Kier molecular flexibility index (Phi) is 4.30. The van der Waals surface area contributed by atoms with Crippen molar-refractivity contribution in [2.45, 2.75) is 0 Å². The van der Waals surface area contributed by atoms with Gasteiger partial charge in [0.25, 0.3) is 5.91 Å². The molecule has 0 radical (unpaired) electrons. The molecule has 0 bridgehead atoms. The number of halogens is 2. The lowest BCUT2D eigenvalue weighted by Gasteiger charge is -2.21. The first-order valence-electron chi connectivity index (χ1n) is 6.77. The van der Waals surface area contributed by atoms with Gasteiger partial charge in [-0.05, 0) is 48.5 Å². The first-order valence-corrected chi connectivity index (χ1v) is 7.14. The van der Waals surface area contributed by atoms with Gasteiger partial charge in [-0.25, -0.2) is 9.37 Å². The van der Waals surface area contributed by atoms with Gasteiger partial charge in [0.15, 0.2) is 5.82 Å². The Labute approximate surface area is 137 Å². The van der Waals surface area contributed by atoms with Crippen molar-refractivity contribution in [3.8, 4) is 0 Å². The van der Waals surface area contributed by atoms with Crippen LogP contribution in [0.5, 0.6) is 0 Å². The van der Waals surface area contributed by atoms with Crippen LogP contribution >= 0.6 is 11.6 Å². The van der Waals surface area contributed by atoms with Crippen molar-refractivity contribution in [2.75, 3.05) is 4.90 Å². The summed E-state index contributed by atoms with van der Waals surface area (Å²) >= 11 is 5.86. The van der Waals surface area contributed by atoms with E-state index in [9.17, 15) is 9.18 Å². The molecule has 0 aliphatic carbocycles. The number of benzene rings is 2. The maximum Gasteiger partial charge on any atom is 0.264 e. The average Bonchev–Trinajstić information content (AvgIpc) is 2.58. The minimum atomic E-state index is -0.383. The van der Waals surface area contributed by atoms with Crippen molar-refractivity contribution in [3.63, 3.8) is 0 Å². The molecular formula is C17H11ClFN3O. The van der Waals surface area contributed by atoms with Gasteiger partial charge < -0.3 is 0 Å². The van der Waals surface area contributed by atoms with E-state index in [0.717, 1.165) is 0 Å². The van der Waals surface area contributed by atoms with Gasteiger partial charge in [0, 0.05) is 23.0 Å². The molecule has 1 heterocycles. The molecule has 2 aromatic carbocycles. The summed E-state index contributed by atoms with van der Waals surface area (Å²) < 4.78 is 13.2. The van der Waals surface area contributed by atoms with Crippen molar-refractivity contribution in [1.29, 1.82) is 0 Å². The van der Waals surface area contributed by atoms with Gasteiger partial charge >= 0.3 is 0 Å². The molecule has 0 saturated heterocycles. The Morgan fingerprint density at radius 1 is 1.00 bits per heavy atom. The van der Waals surface area contributed by atoms with Crippen molar-refractivity contribution in [1.82, 2.24) is 9.97 Å². The fourth-order valence-corrected chi connectivity index (χ4v) is 2.20. The maximum absolute atomic E-state index is 13.2. The molecule has 0 aliphatic heterocycles. The normalized spacial score (nSPS) is 10.3. The highest BCUT2D eigenvalue weighted by molar-refractivity contribution is 6.30. The number of hydrogen-bond acceptors (Lipinski definition) is 3. The molecule has 0 N–H and O–H groups in total. The number of nitrogens with zero attached hydrogens (tertiary/aromatic N) is 3. The van der Waals surface area contributed by atoms with Gasteiger partial charge in [0.2, 0.25) is 0 Å². The molecule has 0 saturated carbocycles. The second-order valence-electron chi connectivity index (χ2n) is 4.69. The molecule has 4 nitrogen and oxygen atoms in total.